The van der Waals surface area contributed by atoms with Gasteiger partial charge in [0.2, 0.25) is 0 Å². The van der Waals surface area contributed by atoms with Crippen molar-refractivity contribution in [1.82, 2.24) is 0 Å². The van der Waals surface area contributed by atoms with Gasteiger partial charge in [0.25, 0.3) is 10.1 Å². The fraction of sp³-hybridized carbons (Fsp3) is 0.500. The van der Waals surface area contributed by atoms with Gasteiger partial charge in [-0.05, 0) is 18.4 Å². The van der Waals surface area contributed by atoms with Crippen LogP contribution in [-0.4, -0.2) is 20.8 Å². The maximum absolute atomic E-state index is 11.1. The van der Waals surface area contributed by atoms with Gasteiger partial charge in [-0.1, -0.05) is 36.8 Å². The Kier molecular flexibility index (Phi) is 3.30. The largest absolute Gasteiger partial charge is 0.266 e. The molecule has 1 saturated carbocycles. The molecule has 1 aliphatic carbocycles. The van der Waals surface area contributed by atoms with Gasteiger partial charge in [-0.15, -0.1) is 0 Å². The van der Waals surface area contributed by atoms with Crippen LogP contribution >= 0.6 is 0 Å². The summed E-state index contributed by atoms with van der Waals surface area (Å²) in [5, 5.41) is 0. The molecular weight excluding hydrogens is 224 g/mol. The monoisotopic (exact) mass is 240 g/mol. The van der Waals surface area contributed by atoms with E-state index in [1.54, 1.807) is 0 Å². The SMILES string of the molecule is CS(=O)(=O)O[C@@H]1CCC[C@H]1c1ccccc1. The summed E-state index contributed by atoms with van der Waals surface area (Å²) < 4.78 is 27.4. The quantitative estimate of drug-likeness (QED) is 0.761. The van der Waals surface area contributed by atoms with Crippen molar-refractivity contribution in [3.05, 3.63) is 35.9 Å². The first-order valence-electron chi connectivity index (χ1n) is 5.49. The van der Waals surface area contributed by atoms with Crippen molar-refractivity contribution in [2.24, 2.45) is 0 Å². The predicted octanol–water partition coefficient (Wildman–Crippen LogP) is 2.30. The third-order valence-electron chi connectivity index (χ3n) is 2.98. The first kappa shape index (κ1) is 11.6. The number of hydrogen-bond donors (Lipinski definition) is 0. The molecule has 1 aliphatic rings. The van der Waals surface area contributed by atoms with Gasteiger partial charge in [-0.2, -0.15) is 8.42 Å². The minimum absolute atomic E-state index is 0.183. The zero-order valence-corrected chi connectivity index (χ0v) is 10.1. The number of benzene rings is 1. The lowest BCUT2D eigenvalue weighted by molar-refractivity contribution is 0.200. The zero-order valence-electron chi connectivity index (χ0n) is 9.30. The molecule has 1 fully saturated rings. The van der Waals surface area contributed by atoms with Crippen LogP contribution < -0.4 is 0 Å². The molecule has 1 aromatic carbocycles. The Hall–Kier alpha value is -0.870. The van der Waals surface area contributed by atoms with Crippen molar-refractivity contribution < 1.29 is 12.6 Å². The van der Waals surface area contributed by atoms with Crippen molar-refractivity contribution in [3.8, 4) is 0 Å². The standard InChI is InChI=1S/C12H16O3S/c1-16(13,14)15-12-9-5-8-11(12)10-6-3-2-4-7-10/h2-4,6-7,11-12H,5,8-9H2,1H3/t11-,12+/m0/s1. The van der Waals surface area contributed by atoms with Gasteiger partial charge in [0.1, 0.15) is 0 Å². The highest BCUT2D eigenvalue weighted by Crippen LogP contribution is 2.37. The number of rotatable bonds is 3. The highest BCUT2D eigenvalue weighted by molar-refractivity contribution is 7.86. The van der Waals surface area contributed by atoms with Crippen LogP contribution in [0.2, 0.25) is 0 Å². The Labute approximate surface area is 96.6 Å². The van der Waals surface area contributed by atoms with E-state index >= 15 is 0 Å². The summed E-state index contributed by atoms with van der Waals surface area (Å²) in [6, 6.07) is 9.99. The van der Waals surface area contributed by atoms with Gasteiger partial charge in [-0.3, -0.25) is 4.18 Å². The van der Waals surface area contributed by atoms with Crippen LogP contribution in [0.3, 0.4) is 0 Å². The van der Waals surface area contributed by atoms with Gasteiger partial charge in [0, 0.05) is 5.92 Å². The molecule has 0 radical (unpaired) electrons. The molecule has 0 aliphatic heterocycles. The van der Waals surface area contributed by atoms with Crippen LogP contribution in [0.15, 0.2) is 30.3 Å². The molecule has 2 rings (SSSR count). The van der Waals surface area contributed by atoms with E-state index in [2.05, 4.69) is 0 Å². The van der Waals surface area contributed by atoms with Gasteiger partial charge in [0.05, 0.1) is 12.4 Å². The predicted molar refractivity (Wildman–Crippen MR) is 62.8 cm³/mol. The molecule has 0 amide bonds. The summed E-state index contributed by atoms with van der Waals surface area (Å²) in [6.45, 7) is 0. The van der Waals surface area contributed by atoms with Gasteiger partial charge in [-0.25, -0.2) is 0 Å². The molecule has 0 heterocycles. The van der Waals surface area contributed by atoms with Crippen LogP contribution in [0.4, 0.5) is 0 Å². The molecule has 88 valence electrons. The normalized spacial score (nSPS) is 25.8. The van der Waals surface area contributed by atoms with Crippen LogP contribution in [0.5, 0.6) is 0 Å². The zero-order chi connectivity index (χ0) is 11.6. The molecule has 0 aromatic heterocycles. The molecule has 0 spiro atoms. The Morgan fingerprint density at radius 1 is 1.19 bits per heavy atom. The minimum Gasteiger partial charge on any atom is -0.266 e. The van der Waals surface area contributed by atoms with Gasteiger partial charge in [0.15, 0.2) is 0 Å². The van der Waals surface area contributed by atoms with E-state index in [0.717, 1.165) is 25.5 Å². The minimum atomic E-state index is -3.35. The highest BCUT2D eigenvalue weighted by Gasteiger charge is 2.31. The maximum atomic E-state index is 11.1. The first-order valence-corrected chi connectivity index (χ1v) is 7.31. The van der Waals surface area contributed by atoms with Crippen molar-refractivity contribution in [2.75, 3.05) is 6.26 Å². The lowest BCUT2D eigenvalue weighted by Crippen LogP contribution is -2.20. The molecule has 16 heavy (non-hydrogen) atoms. The second-order valence-electron chi connectivity index (χ2n) is 4.29. The average Bonchev–Trinajstić information content (AvgIpc) is 2.64. The van der Waals surface area contributed by atoms with Crippen LogP contribution in [-0.2, 0) is 14.3 Å². The molecule has 2 atom stereocenters. The maximum Gasteiger partial charge on any atom is 0.264 e. The molecule has 0 N–H and O–H groups in total. The van der Waals surface area contributed by atoms with E-state index in [1.807, 2.05) is 30.3 Å². The lowest BCUT2D eigenvalue weighted by atomic mass is 9.96. The Bertz CT molecular complexity index is 439. The summed E-state index contributed by atoms with van der Waals surface area (Å²) in [7, 11) is -3.35. The van der Waals surface area contributed by atoms with E-state index in [9.17, 15) is 8.42 Å². The summed E-state index contributed by atoms with van der Waals surface area (Å²) >= 11 is 0. The second-order valence-corrected chi connectivity index (χ2v) is 5.89. The molecule has 4 heteroatoms. The topological polar surface area (TPSA) is 43.4 Å². The highest BCUT2D eigenvalue weighted by atomic mass is 32.2. The van der Waals surface area contributed by atoms with Crippen molar-refractivity contribution in [2.45, 2.75) is 31.3 Å². The fourth-order valence-electron chi connectivity index (χ4n) is 2.35. The molecule has 1 aromatic rings. The Morgan fingerprint density at radius 3 is 2.50 bits per heavy atom. The third kappa shape index (κ3) is 2.83. The van der Waals surface area contributed by atoms with Crippen molar-refractivity contribution in [1.29, 1.82) is 0 Å². The fourth-order valence-corrected chi connectivity index (χ4v) is 3.03. The average molecular weight is 240 g/mol. The molecule has 3 nitrogen and oxygen atoms in total. The molecule has 0 saturated heterocycles. The van der Waals surface area contributed by atoms with E-state index in [-0.39, 0.29) is 12.0 Å². The number of hydrogen-bond acceptors (Lipinski definition) is 3. The Morgan fingerprint density at radius 2 is 1.88 bits per heavy atom. The third-order valence-corrected chi connectivity index (χ3v) is 3.58. The van der Waals surface area contributed by atoms with Crippen LogP contribution in [0.25, 0.3) is 0 Å². The van der Waals surface area contributed by atoms with Crippen molar-refractivity contribution in [3.63, 3.8) is 0 Å². The lowest BCUT2D eigenvalue weighted by Gasteiger charge is -2.18. The summed E-state index contributed by atoms with van der Waals surface area (Å²) in [6.07, 6.45) is 3.79. The first-order chi connectivity index (χ1) is 7.56. The van der Waals surface area contributed by atoms with Crippen molar-refractivity contribution >= 4 is 10.1 Å². The van der Waals surface area contributed by atoms with Crippen LogP contribution in [0, 0.1) is 0 Å². The van der Waals surface area contributed by atoms with E-state index in [1.165, 1.54) is 5.56 Å². The molecule has 0 unspecified atom stereocenters. The summed E-state index contributed by atoms with van der Waals surface area (Å²) in [5.41, 5.74) is 1.17. The van der Waals surface area contributed by atoms with E-state index in [4.69, 9.17) is 4.18 Å². The van der Waals surface area contributed by atoms with Gasteiger partial charge >= 0.3 is 0 Å². The van der Waals surface area contributed by atoms with Crippen LogP contribution in [0.1, 0.15) is 30.7 Å². The van der Waals surface area contributed by atoms with Gasteiger partial charge < -0.3 is 0 Å². The summed E-state index contributed by atoms with van der Waals surface area (Å²) in [5.74, 6) is 0.218. The summed E-state index contributed by atoms with van der Waals surface area (Å²) in [4.78, 5) is 0. The van der Waals surface area contributed by atoms with E-state index < -0.39 is 10.1 Å². The van der Waals surface area contributed by atoms with E-state index in [0.29, 0.717) is 0 Å². The second kappa shape index (κ2) is 4.55. The smallest absolute Gasteiger partial charge is 0.264 e. The Balaban J connectivity index is 2.16. The molecule has 0 bridgehead atoms. The molecular formula is C12H16O3S.